The van der Waals surface area contributed by atoms with Gasteiger partial charge < -0.3 is 15.6 Å². The Balaban J connectivity index is 2.01. The van der Waals surface area contributed by atoms with E-state index in [0.29, 0.717) is 0 Å². The van der Waals surface area contributed by atoms with Crippen LogP contribution in [0.2, 0.25) is 0 Å². The summed E-state index contributed by atoms with van der Waals surface area (Å²) >= 11 is 1.83. The lowest BCUT2D eigenvalue weighted by Gasteiger charge is -2.13. The monoisotopic (exact) mass is 207 g/mol. The third kappa shape index (κ3) is 1.18. The number of nitrogens with zero attached hydrogens (tertiary/aromatic N) is 1. The highest BCUT2D eigenvalue weighted by Gasteiger charge is 2.15. The van der Waals surface area contributed by atoms with E-state index in [4.69, 9.17) is 5.73 Å². The number of anilines is 2. The maximum Gasteiger partial charge on any atom is 0.102 e. The second-order valence-corrected chi connectivity index (χ2v) is 4.84. The van der Waals surface area contributed by atoms with Crippen molar-refractivity contribution in [1.82, 2.24) is 4.98 Å². The van der Waals surface area contributed by atoms with Gasteiger partial charge in [-0.15, -0.1) is 11.3 Å². The Labute approximate surface area is 86.5 Å². The van der Waals surface area contributed by atoms with Crippen LogP contribution in [-0.2, 0) is 0 Å². The van der Waals surface area contributed by atoms with E-state index in [1.165, 1.54) is 41.1 Å². The molecule has 0 bridgehead atoms. The van der Waals surface area contributed by atoms with E-state index in [-0.39, 0.29) is 0 Å². The van der Waals surface area contributed by atoms with E-state index < -0.39 is 0 Å². The molecule has 3 rings (SSSR count). The molecule has 1 fully saturated rings. The Kier molecular flexibility index (Phi) is 1.70. The minimum Gasteiger partial charge on any atom is -0.385 e. The number of hydrogen-bond donors (Lipinski definition) is 2. The standard InChI is InChI=1S/C10H13N3S/c11-9-6-8-7(12-9)5-10(14-8)13-3-1-2-4-13/h5-6,12H,1-4,11H2. The summed E-state index contributed by atoms with van der Waals surface area (Å²) in [6.45, 7) is 2.41. The van der Waals surface area contributed by atoms with Crippen LogP contribution in [-0.4, -0.2) is 18.1 Å². The summed E-state index contributed by atoms with van der Waals surface area (Å²) in [5, 5.41) is 1.38. The van der Waals surface area contributed by atoms with Crippen molar-refractivity contribution in [3.05, 3.63) is 12.1 Å². The zero-order valence-electron chi connectivity index (χ0n) is 7.92. The number of fused-ring (bicyclic) bond motifs is 1. The second kappa shape index (κ2) is 2.92. The number of rotatable bonds is 1. The molecule has 1 saturated heterocycles. The van der Waals surface area contributed by atoms with Crippen molar-refractivity contribution in [2.45, 2.75) is 12.8 Å². The average Bonchev–Trinajstić information content (AvgIpc) is 2.74. The third-order valence-electron chi connectivity index (χ3n) is 2.73. The van der Waals surface area contributed by atoms with Crippen molar-refractivity contribution >= 4 is 32.4 Å². The molecule has 3 N–H and O–H groups in total. The van der Waals surface area contributed by atoms with Crippen LogP contribution in [0.4, 0.5) is 10.8 Å². The van der Waals surface area contributed by atoms with E-state index in [1.807, 2.05) is 17.4 Å². The molecule has 1 aliphatic rings. The Bertz CT molecular complexity index is 419. The molecule has 3 nitrogen and oxygen atoms in total. The number of aromatic nitrogens is 1. The van der Waals surface area contributed by atoms with Gasteiger partial charge >= 0.3 is 0 Å². The van der Waals surface area contributed by atoms with E-state index in [1.54, 1.807) is 0 Å². The number of nitrogens with two attached hydrogens (primary N) is 1. The predicted octanol–water partition coefficient (Wildman–Crippen LogP) is 2.41. The Hall–Kier alpha value is -1.16. The Morgan fingerprint density at radius 3 is 2.79 bits per heavy atom. The molecule has 14 heavy (non-hydrogen) atoms. The van der Waals surface area contributed by atoms with Gasteiger partial charge in [-0.25, -0.2) is 0 Å². The first-order chi connectivity index (χ1) is 6.83. The molecule has 0 atom stereocenters. The fourth-order valence-electron chi connectivity index (χ4n) is 2.02. The van der Waals surface area contributed by atoms with Crippen LogP contribution in [0, 0.1) is 0 Å². The molecule has 0 aromatic carbocycles. The van der Waals surface area contributed by atoms with Crippen molar-refractivity contribution in [2.24, 2.45) is 0 Å². The molecule has 0 radical (unpaired) electrons. The fraction of sp³-hybridized carbons (Fsp3) is 0.400. The number of H-pyrrole nitrogens is 1. The smallest absolute Gasteiger partial charge is 0.102 e. The quantitative estimate of drug-likeness (QED) is 0.754. The summed E-state index contributed by atoms with van der Waals surface area (Å²) in [6.07, 6.45) is 2.65. The molecule has 0 amide bonds. The lowest BCUT2D eigenvalue weighted by atomic mass is 10.4. The molecule has 4 heteroatoms. The van der Waals surface area contributed by atoms with Gasteiger partial charge in [0, 0.05) is 13.1 Å². The SMILES string of the molecule is Nc1cc2sc(N3CCCC3)cc2[nH]1. The number of hydrogen-bond acceptors (Lipinski definition) is 3. The van der Waals surface area contributed by atoms with Crippen molar-refractivity contribution in [2.75, 3.05) is 23.7 Å². The van der Waals surface area contributed by atoms with Gasteiger partial charge in [0.2, 0.25) is 0 Å². The predicted molar refractivity (Wildman–Crippen MR) is 62.0 cm³/mol. The first kappa shape index (κ1) is 8.17. The summed E-state index contributed by atoms with van der Waals surface area (Å²) in [5.41, 5.74) is 6.85. The second-order valence-electron chi connectivity index (χ2n) is 3.78. The van der Waals surface area contributed by atoms with Crippen LogP contribution in [0.3, 0.4) is 0 Å². The maximum atomic E-state index is 5.68. The zero-order valence-corrected chi connectivity index (χ0v) is 8.73. The molecule has 0 aliphatic carbocycles. The average molecular weight is 207 g/mol. The van der Waals surface area contributed by atoms with Gasteiger partial charge in [-0.3, -0.25) is 0 Å². The van der Waals surface area contributed by atoms with E-state index >= 15 is 0 Å². The van der Waals surface area contributed by atoms with Crippen LogP contribution in [0.15, 0.2) is 12.1 Å². The molecule has 3 heterocycles. The Morgan fingerprint density at radius 1 is 1.29 bits per heavy atom. The van der Waals surface area contributed by atoms with Gasteiger partial charge in [0.25, 0.3) is 0 Å². The highest BCUT2D eigenvalue weighted by molar-refractivity contribution is 7.22. The molecule has 74 valence electrons. The molecular weight excluding hydrogens is 194 g/mol. The van der Waals surface area contributed by atoms with Crippen LogP contribution >= 0.6 is 11.3 Å². The Morgan fingerprint density at radius 2 is 2.07 bits per heavy atom. The largest absolute Gasteiger partial charge is 0.385 e. The lowest BCUT2D eigenvalue weighted by molar-refractivity contribution is 0.949. The topological polar surface area (TPSA) is 45.0 Å². The molecule has 2 aromatic rings. The van der Waals surface area contributed by atoms with Gasteiger partial charge in [-0.2, -0.15) is 0 Å². The van der Waals surface area contributed by atoms with Gasteiger partial charge in [-0.05, 0) is 25.0 Å². The summed E-state index contributed by atoms with van der Waals surface area (Å²) in [6, 6.07) is 4.22. The maximum absolute atomic E-state index is 5.68. The summed E-state index contributed by atoms with van der Waals surface area (Å²) in [5.74, 6) is 0.763. The summed E-state index contributed by atoms with van der Waals surface area (Å²) < 4.78 is 1.27. The summed E-state index contributed by atoms with van der Waals surface area (Å²) in [4.78, 5) is 5.62. The molecule has 0 unspecified atom stereocenters. The first-order valence-corrected chi connectivity index (χ1v) is 5.77. The molecule has 2 aromatic heterocycles. The van der Waals surface area contributed by atoms with Crippen molar-refractivity contribution in [3.63, 3.8) is 0 Å². The van der Waals surface area contributed by atoms with Crippen LogP contribution in [0.1, 0.15) is 12.8 Å². The van der Waals surface area contributed by atoms with Crippen LogP contribution in [0.5, 0.6) is 0 Å². The molecule has 1 aliphatic heterocycles. The van der Waals surface area contributed by atoms with E-state index in [0.717, 1.165) is 5.82 Å². The van der Waals surface area contributed by atoms with Crippen molar-refractivity contribution in [1.29, 1.82) is 0 Å². The van der Waals surface area contributed by atoms with Crippen LogP contribution < -0.4 is 10.6 Å². The fourth-order valence-corrected chi connectivity index (χ4v) is 3.14. The lowest BCUT2D eigenvalue weighted by Crippen LogP contribution is -2.15. The molecule has 0 spiro atoms. The number of aromatic amines is 1. The van der Waals surface area contributed by atoms with E-state index in [9.17, 15) is 0 Å². The highest BCUT2D eigenvalue weighted by atomic mass is 32.1. The molecular formula is C10H13N3S. The summed E-state index contributed by atoms with van der Waals surface area (Å²) in [7, 11) is 0. The normalized spacial score (nSPS) is 17.0. The minimum absolute atomic E-state index is 0.763. The van der Waals surface area contributed by atoms with Gasteiger partial charge in [0.05, 0.1) is 15.2 Å². The third-order valence-corrected chi connectivity index (χ3v) is 3.87. The highest BCUT2D eigenvalue weighted by Crippen LogP contribution is 2.34. The van der Waals surface area contributed by atoms with Crippen molar-refractivity contribution in [3.8, 4) is 0 Å². The van der Waals surface area contributed by atoms with Gasteiger partial charge in [0.15, 0.2) is 0 Å². The number of nitrogen functional groups attached to an aromatic ring is 1. The van der Waals surface area contributed by atoms with Gasteiger partial charge in [-0.1, -0.05) is 0 Å². The van der Waals surface area contributed by atoms with Crippen LogP contribution in [0.25, 0.3) is 10.2 Å². The minimum atomic E-state index is 0.763. The van der Waals surface area contributed by atoms with E-state index in [2.05, 4.69) is 16.0 Å². The number of nitrogens with one attached hydrogen (secondary N) is 1. The number of thiophene rings is 1. The molecule has 0 saturated carbocycles. The zero-order chi connectivity index (χ0) is 9.54. The van der Waals surface area contributed by atoms with Crippen molar-refractivity contribution < 1.29 is 0 Å². The first-order valence-electron chi connectivity index (χ1n) is 4.96. The van der Waals surface area contributed by atoms with Gasteiger partial charge in [0.1, 0.15) is 5.82 Å².